The lowest BCUT2D eigenvalue weighted by Gasteiger charge is -2.47. The fourth-order valence-corrected chi connectivity index (χ4v) is 3.19. The van der Waals surface area contributed by atoms with Crippen molar-refractivity contribution in [2.24, 2.45) is 11.7 Å². The topological polar surface area (TPSA) is 26.0 Å². The van der Waals surface area contributed by atoms with E-state index >= 15 is 0 Å². The van der Waals surface area contributed by atoms with Gasteiger partial charge in [-0.15, -0.1) is 0 Å². The predicted octanol–water partition coefficient (Wildman–Crippen LogP) is 4.27. The summed E-state index contributed by atoms with van der Waals surface area (Å²) in [6, 6.07) is 5.28. The molecular weight excluding hydrogens is 249 g/mol. The molecule has 0 saturated heterocycles. The summed E-state index contributed by atoms with van der Waals surface area (Å²) in [7, 11) is 0. The highest BCUT2D eigenvalue weighted by Gasteiger charge is 2.45. The summed E-state index contributed by atoms with van der Waals surface area (Å²) in [5.74, 6) is 0.248. The Bertz CT molecular complexity index is 427. The van der Waals surface area contributed by atoms with Crippen molar-refractivity contribution in [2.75, 3.05) is 0 Å². The van der Waals surface area contributed by atoms with Gasteiger partial charge >= 0.3 is 0 Å². The van der Waals surface area contributed by atoms with Crippen LogP contribution in [0.4, 0.5) is 4.39 Å². The molecule has 3 heteroatoms. The van der Waals surface area contributed by atoms with E-state index in [-0.39, 0.29) is 22.3 Å². The Morgan fingerprint density at radius 1 is 1.39 bits per heavy atom. The number of hydrogen-bond acceptors (Lipinski definition) is 1. The third-order valence-electron chi connectivity index (χ3n) is 4.17. The highest BCUT2D eigenvalue weighted by molar-refractivity contribution is 6.30. The Morgan fingerprint density at radius 3 is 2.56 bits per heavy atom. The molecule has 0 aliphatic heterocycles. The summed E-state index contributed by atoms with van der Waals surface area (Å²) in [4.78, 5) is 0. The van der Waals surface area contributed by atoms with Crippen molar-refractivity contribution in [3.05, 3.63) is 34.6 Å². The van der Waals surface area contributed by atoms with Gasteiger partial charge in [-0.3, -0.25) is 0 Å². The molecule has 0 aromatic heterocycles. The van der Waals surface area contributed by atoms with Crippen LogP contribution in [-0.4, -0.2) is 6.04 Å². The van der Waals surface area contributed by atoms with E-state index < -0.39 is 0 Å². The van der Waals surface area contributed by atoms with E-state index in [4.69, 9.17) is 17.3 Å². The van der Waals surface area contributed by atoms with Gasteiger partial charge < -0.3 is 5.73 Å². The van der Waals surface area contributed by atoms with E-state index in [1.807, 2.05) is 12.1 Å². The van der Waals surface area contributed by atoms with Crippen LogP contribution >= 0.6 is 11.6 Å². The molecule has 0 bridgehead atoms. The molecule has 2 rings (SSSR count). The lowest BCUT2D eigenvalue weighted by atomic mass is 9.59. The molecule has 0 spiro atoms. The highest BCUT2D eigenvalue weighted by atomic mass is 35.5. The molecule has 1 unspecified atom stereocenters. The minimum atomic E-state index is -0.280. The van der Waals surface area contributed by atoms with Gasteiger partial charge in [0.25, 0.3) is 0 Å². The zero-order valence-corrected chi connectivity index (χ0v) is 11.8. The molecule has 1 saturated carbocycles. The summed E-state index contributed by atoms with van der Waals surface area (Å²) in [6.45, 7) is 4.31. The first-order valence-electron chi connectivity index (χ1n) is 6.67. The molecular formula is C15H21ClFN. The predicted molar refractivity (Wildman–Crippen MR) is 74.4 cm³/mol. The van der Waals surface area contributed by atoms with Gasteiger partial charge in [-0.25, -0.2) is 4.39 Å². The maximum Gasteiger partial charge on any atom is 0.145 e. The lowest BCUT2D eigenvalue weighted by Crippen LogP contribution is -2.51. The number of halogens is 2. The zero-order valence-electron chi connectivity index (χ0n) is 11.0. The maximum atomic E-state index is 14.2. The Balaban J connectivity index is 2.35. The monoisotopic (exact) mass is 269 g/mol. The van der Waals surface area contributed by atoms with E-state index in [2.05, 4.69) is 13.8 Å². The first-order valence-corrected chi connectivity index (χ1v) is 7.05. The van der Waals surface area contributed by atoms with Gasteiger partial charge in [-0.05, 0) is 36.8 Å². The van der Waals surface area contributed by atoms with Gasteiger partial charge in [-0.1, -0.05) is 44.0 Å². The minimum absolute atomic E-state index is 0.0132. The Kier molecular flexibility index (Phi) is 3.98. The van der Waals surface area contributed by atoms with Crippen molar-refractivity contribution >= 4 is 11.6 Å². The van der Waals surface area contributed by atoms with E-state index in [1.54, 1.807) is 6.07 Å². The van der Waals surface area contributed by atoms with Crippen LogP contribution in [0.15, 0.2) is 18.2 Å². The molecule has 100 valence electrons. The minimum Gasteiger partial charge on any atom is -0.327 e. The van der Waals surface area contributed by atoms with Crippen molar-refractivity contribution < 1.29 is 4.39 Å². The summed E-state index contributed by atoms with van der Waals surface area (Å²) in [5.41, 5.74) is 6.88. The molecule has 0 heterocycles. The highest BCUT2D eigenvalue weighted by Crippen LogP contribution is 2.48. The van der Waals surface area contributed by atoms with Crippen LogP contribution in [0.2, 0.25) is 5.02 Å². The van der Waals surface area contributed by atoms with Gasteiger partial charge in [0.1, 0.15) is 5.82 Å². The van der Waals surface area contributed by atoms with Crippen molar-refractivity contribution in [2.45, 2.75) is 51.0 Å². The average Bonchev–Trinajstić information content (AvgIpc) is 2.21. The fourth-order valence-electron chi connectivity index (χ4n) is 3.02. The fraction of sp³-hybridized carbons (Fsp3) is 0.600. The van der Waals surface area contributed by atoms with Crippen molar-refractivity contribution in [3.8, 4) is 0 Å². The van der Waals surface area contributed by atoms with Crippen molar-refractivity contribution in [3.63, 3.8) is 0 Å². The Labute approximate surface area is 114 Å². The van der Waals surface area contributed by atoms with E-state index in [9.17, 15) is 4.39 Å². The van der Waals surface area contributed by atoms with E-state index in [0.717, 1.165) is 31.2 Å². The van der Waals surface area contributed by atoms with Gasteiger partial charge in [-0.2, -0.15) is 0 Å². The second-order valence-electron chi connectivity index (χ2n) is 5.85. The van der Waals surface area contributed by atoms with Gasteiger partial charge in [0.15, 0.2) is 0 Å². The molecule has 0 radical (unpaired) electrons. The number of rotatable bonds is 4. The summed E-state index contributed by atoms with van der Waals surface area (Å²) >= 11 is 5.90. The molecule has 1 nitrogen and oxygen atoms in total. The summed E-state index contributed by atoms with van der Waals surface area (Å²) in [6.07, 6.45) is 3.99. The largest absolute Gasteiger partial charge is 0.327 e. The van der Waals surface area contributed by atoms with Gasteiger partial charge in [0.05, 0.1) is 5.02 Å². The summed E-state index contributed by atoms with van der Waals surface area (Å²) in [5, 5.41) is 0.204. The maximum absolute atomic E-state index is 14.2. The molecule has 1 fully saturated rings. The average molecular weight is 270 g/mol. The molecule has 1 aliphatic rings. The molecule has 0 amide bonds. The lowest BCUT2D eigenvalue weighted by molar-refractivity contribution is 0.173. The SMILES string of the molecule is CC(C)CC(N)C1(c2cccc(Cl)c2F)CCC1. The molecule has 1 aromatic carbocycles. The number of benzene rings is 1. The second-order valence-corrected chi connectivity index (χ2v) is 6.25. The van der Waals surface area contributed by atoms with Crippen LogP contribution in [0.25, 0.3) is 0 Å². The third-order valence-corrected chi connectivity index (χ3v) is 4.46. The van der Waals surface area contributed by atoms with E-state index in [0.29, 0.717) is 5.92 Å². The van der Waals surface area contributed by atoms with Crippen LogP contribution in [-0.2, 0) is 5.41 Å². The molecule has 2 N–H and O–H groups in total. The molecule has 1 aliphatic carbocycles. The quantitative estimate of drug-likeness (QED) is 0.868. The number of hydrogen-bond donors (Lipinski definition) is 1. The molecule has 18 heavy (non-hydrogen) atoms. The molecule has 1 atom stereocenters. The molecule has 1 aromatic rings. The van der Waals surface area contributed by atoms with Gasteiger partial charge in [0.2, 0.25) is 0 Å². The van der Waals surface area contributed by atoms with Crippen LogP contribution in [0.5, 0.6) is 0 Å². The van der Waals surface area contributed by atoms with Crippen LogP contribution in [0.1, 0.15) is 45.1 Å². The Morgan fingerprint density at radius 2 is 2.06 bits per heavy atom. The van der Waals surface area contributed by atoms with Gasteiger partial charge in [0, 0.05) is 11.5 Å². The van der Waals surface area contributed by atoms with Crippen LogP contribution < -0.4 is 5.73 Å². The number of nitrogens with two attached hydrogens (primary N) is 1. The second kappa shape index (κ2) is 5.18. The first kappa shape index (κ1) is 13.8. The van der Waals surface area contributed by atoms with Crippen molar-refractivity contribution in [1.29, 1.82) is 0 Å². The van der Waals surface area contributed by atoms with Crippen molar-refractivity contribution in [1.82, 2.24) is 0 Å². The normalized spacial score (nSPS) is 19.7. The summed E-state index contributed by atoms with van der Waals surface area (Å²) < 4.78 is 14.2. The van der Waals surface area contributed by atoms with E-state index in [1.165, 1.54) is 0 Å². The standard InChI is InChI=1S/C15H21ClFN/c1-10(2)9-13(18)15(7-4-8-15)11-5-3-6-12(16)14(11)17/h3,5-6,10,13H,4,7-9,18H2,1-2H3. The smallest absolute Gasteiger partial charge is 0.145 e. The van der Waals surface area contributed by atoms with Crippen LogP contribution in [0.3, 0.4) is 0 Å². The Hall–Kier alpha value is -0.600. The zero-order chi connectivity index (χ0) is 13.3. The first-order chi connectivity index (χ1) is 8.47. The van der Waals surface area contributed by atoms with Crippen LogP contribution in [0, 0.1) is 11.7 Å². The third kappa shape index (κ3) is 2.28.